The normalized spacial score (nSPS) is 10.9. The third kappa shape index (κ3) is 1.89. The van der Waals surface area contributed by atoms with Crippen LogP contribution in [-0.4, -0.2) is 4.98 Å². The van der Waals surface area contributed by atoms with Crippen molar-refractivity contribution in [2.45, 2.75) is 6.92 Å². The van der Waals surface area contributed by atoms with Gasteiger partial charge in [-0.25, -0.2) is 0 Å². The number of fused-ring (bicyclic) bond motifs is 1. The number of aryl methyl sites for hydroxylation is 1. The van der Waals surface area contributed by atoms with Crippen LogP contribution in [0.4, 0.5) is 0 Å². The van der Waals surface area contributed by atoms with Gasteiger partial charge < -0.3 is 4.98 Å². The predicted molar refractivity (Wildman–Crippen MR) is 76.2 cm³/mol. The second-order valence-corrected chi connectivity index (χ2v) is 5.15. The Bertz CT molecular complexity index is 668. The smallest absolute Gasteiger partial charge is 0.0489 e. The Labute approximate surface area is 109 Å². The summed E-state index contributed by atoms with van der Waals surface area (Å²) in [5.74, 6) is 0. The molecule has 0 bridgehead atoms. The molecule has 0 aliphatic carbocycles. The van der Waals surface area contributed by atoms with Crippen molar-refractivity contribution in [2.75, 3.05) is 0 Å². The minimum atomic E-state index is 1.13. The lowest BCUT2D eigenvalue weighted by molar-refractivity contribution is 1.40. The van der Waals surface area contributed by atoms with E-state index < -0.39 is 0 Å². The van der Waals surface area contributed by atoms with Crippen LogP contribution < -0.4 is 0 Å². The molecule has 84 valence electrons. The number of rotatable bonds is 1. The number of hydrogen-bond acceptors (Lipinski definition) is 0. The van der Waals surface area contributed by atoms with Crippen molar-refractivity contribution in [3.05, 3.63) is 58.6 Å². The average Bonchev–Trinajstić information content (AvgIpc) is 2.74. The highest BCUT2D eigenvalue weighted by Gasteiger charge is 2.05. The zero-order valence-corrected chi connectivity index (χ0v) is 11.1. The highest BCUT2D eigenvalue weighted by molar-refractivity contribution is 9.10. The van der Waals surface area contributed by atoms with Gasteiger partial charge in [-0.3, -0.25) is 0 Å². The van der Waals surface area contributed by atoms with Crippen LogP contribution in [0.1, 0.15) is 5.56 Å². The van der Waals surface area contributed by atoms with E-state index in [0.717, 1.165) is 4.47 Å². The van der Waals surface area contributed by atoms with Crippen LogP contribution >= 0.6 is 15.9 Å². The van der Waals surface area contributed by atoms with Gasteiger partial charge in [0.1, 0.15) is 0 Å². The van der Waals surface area contributed by atoms with Gasteiger partial charge in [0, 0.05) is 21.1 Å². The van der Waals surface area contributed by atoms with Crippen LogP contribution in [0.2, 0.25) is 0 Å². The largest absolute Gasteiger partial charge is 0.354 e. The van der Waals surface area contributed by atoms with E-state index in [9.17, 15) is 0 Å². The third-order valence-electron chi connectivity index (χ3n) is 2.98. The summed E-state index contributed by atoms with van der Waals surface area (Å²) in [5.41, 5.74) is 4.87. The Morgan fingerprint density at radius 3 is 2.53 bits per heavy atom. The zero-order chi connectivity index (χ0) is 11.8. The van der Waals surface area contributed by atoms with Gasteiger partial charge in [0.05, 0.1) is 0 Å². The van der Waals surface area contributed by atoms with Crippen molar-refractivity contribution >= 4 is 26.8 Å². The molecule has 1 aromatic heterocycles. The molecule has 0 aliphatic heterocycles. The number of H-pyrrole nitrogens is 1. The van der Waals surface area contributed by atoms with Crippen LogP contribution in [0.5, 0.6) is 0 Å². The van der Waals surface area contributed by atoms with Gasteiger partial charge in [0.15, 0.2) is 0 Å². The zero-order valence-electron chi connectivity index (χ0n) is 9.50. The summed E-state index contributed by atoms with van der Waals surface area (Å²) in [5, 5.41) is 1.25. The second-order valence-electron chi connectivity index (χ2n) is 4.24. The van der Waals surface area contributed by atoms with Crippen LogP contribution in [-0.2, 0) is 0 Å². The molecule has 0 atom stereocenters. The second kappa shape index (κ2) is 4.04. The number of halogens is 1. The molecule has 0 aliphatic rings. The van der Waals surface area contributed by atoms with E-state index in [1.807, 2.05) is 6.07 Å². The Morgan fingerprint density at radius 2 is 1.76 bits per heavy atom. The van der Waals surface area contributed by atoms with Gasteiger partial charge in [0.2, 0.25) is 0 Å². The van der Waals surface area contributed by atoms with E-state index in [0.29, 0.717) is 0 Å². The molecule has 2 aromatic carbocycles. The highest BCUT2D eigenvalue weighted by Crippen LogP contribution is 2.28. The molecule has 0 unspecified atom stereocenters. The Hall–Kier alpha value is -1.54. The van der Waals surface area contributed by atoms with Crippen LogP contribution in [0.15, 0.2) is 53.0 Å². The van der Waals surface area contributed by atoms with E-state index in [2.05, 4.69) is 70.3 Å². The molecule has 0 saturated carbocycles. The van der Waals surface area contributed by atoms with Crippen molar-refractivity contribution in [1.82, 2.24) is 4.98 Å². The minimum Gasteiger partial charge on any atom is -0.354 e. The SMILES string of the molecule is Cc1cc(Br)cc2cc(-c3ccccc3)[nH]c12. The first-order valence-electron chi connectivity index (χ1n) is 5.58. The van der Waals surface area contributed by atoms with Crippen molar-refractivity contribution in [1.29, 1.82) is 0 Å². The number of aromatic amines is 1. The van der Waals surface area contributed by atoms with Gasteiger partial charge in [-0.2, -0.15) is 0 Å². The maximum Gasteiger partial charge on any atom is 0.0489 e. The molecule has 1 N–H and O–H groups in total. The molecule has 1 heterocycles. The van der Waals surface area contributed by atoms with Crippen molar-refractivity contribution < 1.29 is 0 Å². The van der Waals surface area contributed by atoms with Gasteiger partial charge in [-0.15, -0.1) is 0 Å². The topological polar surface area (TPSA) is 15.8 Å². The van der Waals surface area contributed by atoms with E-state index in [4.69, 9.17) is 0 Å². The molecule has 0 spiro atoms. The molecule has 17 heavy (non-hydrogen) atoms. The molecule has 0 radical (unpaired) electrons. The lowest BCUT2D eigenvalue weighted by Gasteiger charge is -1.97. The number of nitrogens with one attached hydrogen (secondary N) is 1. The molecule has 0 fully saturated rings. The monoisotopic (exact) mass is 285 g/mol. The van der Waals surface area contributed by atoms with E-state index in [1.54, 1.807) is 0 Å². The molecule has 0 saturated heterocycles. The standard InChI is InChI=1S/C15H12BrN/c1-10-7-13(16)8-12-9-14(17-15(10)12)11-5-3-2-4-6-11/h2-9,17H,1H3. The summed E-state index contributed by atoms with van der Waals surface area (Å²) < 4.78 is 1.13. The lowest BCUT2D eigenvalue weighted by atomic mass is 10.1. The van der Waals surface area contributed by atoms with Crippen LogP contribution in [0.25, 0.3) is 22.2 Å². The summed E-state index contributed by atoms with van der Waals surface area (Å²) in [7, 11) is 0. The summed E-state index contributed by atoms with van der Waals surface area (Å²) in [4.78, 5) is 3.49. The summed E-state index contributed by atoms with van der Waals surface area (Å²) in [6.07, 6.45) is 0. The molecule has 1 nitrogen and oxygen atoms in total. The van der Waals surface area contributed by atoms with Gasteiger partial charge in [0.25, 0.3) is 0 Å². The Morgan fingerprint density at radius 1 is 1.00 bits per heavy atom. The molecule has 3 rings (SSSR count). The van der Waals surface area contributed by atoms with Crippen LogP contribution in [0, 0.1) is 6.92 Å². The number of benzene rings is 2. The van der Waals surface area contributed by atoms with Crippen molar-refractivity contribution in [3.8, 4) is 11.3 Å². The van der Waals surface area contributed by atoms with Gasteiger partial charge in [-0.05, 0) is 36.2 Å². The Kier molecular flexibility index (Phi) is 2.52. The van der Waals surface area contributed by atoms with Crippen LogP contribution in [0.3, 0.4) is 0 Å². The average molecular weight is 286 g/mol. The first-order chi connectivity index (χ1) is 8.24. The summed E-state index contributed by atoms with van der Waals surface area (Å²) in [6, 6.07) is 16.9. The van der Waals surface area contributed by atoms with E-state index in [1.165, 1.54) is 27.7 Å². The molecular formula is C15H12BrN. The fourth-order valence-electron chi connectivity index (χ4n) is 2.15. The summed E-state index contributed by atoms with van der Waals surface area (Å²) >= 11 is 3.53. The van der Waals surface area contributed by atoms with E-state index in [-0.39, 0.29) is 0 Å². The quantitative estimate of drug-likeness (QED) is 0.654. The lowest BCUT2D eigenvalue weighted by Crippen LogP contribution is -1.78. The first kappa shape index (κ1) is 10.6. The fourth-order valence-corrected chi connectivity index (χ4v) is 2.74. The molecule has 0 amide bonds. The minimum absolute atomic E-state index is 1.13. The Balaban J connectivity index is 2.24. The summed E-state index contributed by atoms with van der Waals surface area (Å²) in [6.45, 7) is 2.12. The third-order valence-corrected chi connectivity index (χ3v) is 3.43. The highest BCUT2D eigenvalue weighted by atomic mass is 79.9. The van der Waals surface area contributed by atoms with Crippen molar-refractivity contribution in [3.63, 3.8) is 0 Å². The maximum absolute atomic E-state index is 3.53. The predicted octanol–water partition coefficient (Wildman–Crippen LogP) is 4.91. The first-order valence-corrected chi connectivity index (χ1v) is 6.37. The van der Waals surface area contributed by atoms with E-state index >= 15 is 0 Å². The number of aromatic nitrogens is 1. The molecule has 2 heteroatoms. The maximum atomic E-state index is 3.53. The van der Waals surface area contributed by atoms with Gasteiger partial charge in [-0.1, -0.05) is 46.3 Å². The number of hydrogen-bond donors (Lipinski definition) is 1. The van der Waals surface area contributed by atoms with Gasteiger partial charge >= 0.3 is 0 Å². The van der Waals surface area contributed by atoms with Crippen molar-refractivity contribution in [2.24, 2.45) is 0 Å². The molecule has 3 aromatic rings. The fraction of sp³-hybridized carbons (Fsp3) is 0.0667. The molecular weight excluding hydrogens is 274 g/mol.